The van der Waals surface area contributed by atoms with Crippen LogP contribution in [0.2, 0.25) is 0 Å². The number of furan rings is 1. The molecule has 0 saturated heterocycles. The van der Waals surface area contributed by atoms with E-state index in [1.54, 1.807) is 41.3 Å². The Morgan fingerprint density at radius 3 is 2.66 bits per heavy atom. The summed E-state index contributed by atoms with van der Waals surface area (Å²) in [5, 5.41) is 8.75. The van der Waals surface area contributed by atoms with Crippen molar-refractivity contribution in [1.82, 2.24) is 4.98 Å². The van der Waals surface area contributed by atoms with Crippen LogP contribution in [-0.4, -0.2) is 16.8 Å². The number of nitrogens with one attached hydrogen (secondary N) is 2. The summed E-state index contributed by atoms with van der Waals surface area (Å²) in [5.41, 5.74) is 3.77. The monoisotopic (exact) mass is 463 g/mol. The van der Waals surface area contributed by atoms with Crippen molar-refractivity contribution in [2.45, 2.75) is 29.9 Å². The van der Waals surface area contributed by atoms with Crippen molar-refractivity contribution in [3.63, 3.8) is 0 Å². The van der Waals surface area contributed by atoms with Gasteiger partial charge in [-0.2, -0.15) is 0 Å². The minimum absolute atomic E-state index is 0.0301. The van der Waals surface area contributed by atoms with Crippen LogP contribution in [0.25, 0.3) is 11.0 Å². The van der Waals surface area contributed by atoms with Gasteiger partial charge in [-0.25, -0.2) is 4.98 Å². The number of thiazole rings is 1. The van der Waals surface area contributed by atoms with Crippen molar-refractivity contribution in [2.24, 2.45) is 5.92 Å². The molecule has 1 fully saturated rings. The van der Waals surface area contributed by atoms with E-state index in [0.717, 1.165) is 33.8 Å². The van der Waals surface area contributed by atoms with Gasteiger partial charge in [-0.05, 0) is 44.0 Å². The molecule has 0 spiro atoms. The van der Waals surface area contributed by atoms with Crippen molar-refractivity contribution >= 4 is 57.3 Å². The Hall–Kier alpha value is -3.10. The molecule has 2 amide bonds. The highest BCUT2D eigenvalue weighted by molar-refractivity contribution is 8.00. The summed E-state index contributed by atoms with van der Waals surface area (Å²) in [7, 11) is 0. The average molecular weight is 464 g/mol. The number of hydrogen-bond donors (Lipinski definition) is 2. The molecule has 1 saturated carbocycles. The third kappa shape index (κ3) is 4.56. The summed E-state index contributed by atoms with van der Waals surface area (Å²) in [6.45, 7) is 1.97. The summed E-state index contributed by atoms with van der Waals surface area (Å²) < 4.78 is 6.91. The molecular weight excluding hydrogens is 442 g/mol. The van der Waals surface area contributed by atoms with E-state index in [1.807, 2.05) is 42.6 Å². The first-order chi connectivity index (χ1) is 15.6. The number of thioether (sulfide) groups is 1. The number of amides is 2. The number of carbonyl (C=O) groups excluding carboxylic acids is 2. The normalized spacial score (nSPS) is 13.3. The molecule has 162 valence electrons. The number of hydrogen-bond acceptors (Lipinski definition) is 6. The molecule has 0 atom stereocenters. The highest BCUT2D eigenvalue weighted by Crippen LogP contribution is 2.34. The van der Waals surface area contributed by atoms with Gasteiger partial charge in [0.25, 0.3) is 5.91 Å². The van der Waals surface area contributed by atoms with Gasteiger partial charge in [0.2, 0.25) is 5.91 Å². The topological polar surface area (TPSA) is 84.2 Å². The molecule has 5 rings (SSSR count). The minimum Gasteiger partial charge on any atom is -0.451 e. The Bertz CT molecular complexity index is 1310. The van der Waals surface area contributed by atoms with Crippen molar-refractivity contribution < 1.29 is 14.0 Å². The number of carbonyl (C=O) groups is 2. The number of benzene rings is 2. The number of fused-ring (bicyclic) bond motifs is 1. The number of para-hydroxylation sites is 1. The maximum absolute atomic E-state index is 13.2. The molecule has 4 aromatic rings. The van der Waals surface area contributed by atoms with Crippen molar-refractivity contribution in [1.29, 1.82) is 0 Å². The number of rotatable bonds is 7. The summed E-state index contributed by atoms with van der Waals surface area (Å²) >= 11 is 3.18. The molecule has 6 nitrogen and oxygen atoms in total. The average Bonchev–Trinajstić information content (AvgIpc) is 3.46. The smallest absolute Gasteiger partial charge is 0.291 e. The van der Waals surface area contributed by atoms with Crippen LogP contribution in [0.1, 0.15) is 34.7 Å². The molecule has 32 heavy (non-hydrogen) atoms. The predicted molar refractivity (Wildman–Crippen MR) is 128 cm³/mol. The lowest BCUT2D eigenvalue weighted by Crippen LogP contribution is -2.15. The molecule has 0 unspecified atom stereocenters. The number of anilines is 2. The maximum atomic E-state index is 13.2. The second-order valence-corrected chi connectivity index (χ2v) is 9.83. The summed E-state index contributed by atoms with van der Waals surface area (Å²) in [4.78, 5) is 29.7. The molecule has 2 heterocycles. The Balaban J connectivity index is 1.37. The Labute approximate surface area is 193 Å². The summed E-state index contributed by atoms with van der Waals surface area (Å²) in [6, 6.07) is 14.8. The van der Waals surface area contributed by atoms with E-state index in [2.05, 4.69) is 15.6 Å². The van der Waals surface area contributed by atoms with E-state index in [9.17, 15) is 9.59 Å². The summed E-state index contributed by atoms with van der Waals surface area (Å²) in [6.07, 6.45) is 1.88. The zero-order chi connectivity index (χ0) is 22.1. The number of aryl methyl sites for hydroxylation is 1. The third-order valence-corrected chi connectivity index (χ3v) is 7.34. The molecule has 2 aromatic carbocycles. The minimum atomic E-state index is -0.321. The van der Waals surface area contributed by atoms with E-state index >= 15 is 0 Å². The lowest BCUT2D eigenvalue weighted by atomic mass is 10.1. The fourth-order valence-electron chi connectivity index (χ4n) is 3.41. The molecule has 0 aliphatic heterocycles. The van der Waals surface area contributed by atoms with E-state index in [1.165, 1.54) is 0 Å². The zero-order valence-corrected chi connectivity index (χ0v) is 19.0. The van der Waals surface area contributed by atoms with Crippen LogP contribution in [0.3, 0.4) is 0 Å². The maximum Gasteiger partial charge on any atom is 0.291 e. The first-order valence-electron chi connectivity index (χ1n) is 10.3. The number of aromatic nitrogens is 1. The molecule has 0 bridgehead atoms. The van der Waals surface area contributed by atoms with Crippen LogP contribution in [-0.2, 0) is 10.5 Å². The lowest BCUT2D eigenvalue weighted by Gasteiger charge is -2.08. The molecule has 1 aliphatic rings. The van der Waals surface area contributed by atoms with Crippen molar-refractivity contribution in [3.8, 4) is 0 Å². The van der Waals surface area contributed by atoms with Gasteiger partial charge in [-0.1, -0.05) is 36.0 Å². The van der Waals surface area contributed by atoms with Gasteiger partial charge in [-0.3, -0.25) is 9.59 Å². The van der Waals surface area contributed by atoms with E-state index in [4.69, 9.17) is 4.42 Å². The molecule has 2 N–H and O–H groups in total. The zero-order valence-electron chi connectivity index (χ0n) is 17.4. The molecular formula is C24H21N3O3S2. The second-order valence-electron chi connectivity index (χ2n) is 7.75. The molecule has 1 aliphatic carbocycles. The standard InChI is InChI=1S/C24H21N3O3S2/c1-14-12-31-24(25-14)32-13-19-18-7-2-3-8-20(18)30-21(19)23(29)27-17-6-4-5-16(11-17)26-22(28)15-9-10-15/h2-8,11-12,15H,9-10,13H2,1H3,(H,26,28)(H,27,29). The first-order valence-corrected chi connectivity index (χ1v) is 12.2. The highest BCUT2D eigenvalue weighted by Gasteiger charge is 2.29. The van der Waals surface area contributed by atoms with Gasteiger partial charge in [0.15, 0.2) is 5.76 Å². The van der Waals surface area contributed by atoms with Crippen LogP contribution in [0, 0.1) is 12.8 Å². The molecule has 0 radical (unpaired) electrons. The van der Waals surface area contributed by atoms with Crippen LogP contribution < -0.4 is 10.6 Å². The van der Waals surface area contributed by atoms with Gasteiger partial charge in [0, 0.05) is 45.1 Å². The van der Waals surface area contributed by atoms with Crippen LogP contribution >= 0.6 is 23.1 Å². The molecule has 2 aromatic heterocycles. The van der Waals surface area contributed by atoms with Gasteiger partial charge in [0.1, 0.15) is 9.92 Å². The SMILES string of the molecule is Cc1csc(SCc2c(C(=O)Nc3cccc(NC(=O)C4CC4)c3)oc3ccccc23)n1. The van der Waals surface area contributed by atoms with Gasteiger partial charge in [0.05, 0.1) is 0 Å². The Morgan fingerprint density at radius 2 is 1.91 bits per heavy atom. The van der Waals surface area contributed by atoms with Gasteiger partial charge >= 0.3 is 0 Å². The Morgan fingerprint density at radius 1 is 1.12 bits per heavy atom. The Kier molecular flexibility index (Phi) is 5.71. The first kappa shape index (κ1) is 20.8. The second kappa shape index (κ2) is 8.80. The lowest BCUT2D eigenvalue weighted by molar-refractivity contribution is -0.117. The highest BCUT2D eigenvalue weighted by atomic mass is 32.2. The van der Waals surface area contributed by atoms with E-state index in [0.29, 0.717) is 28.5 Å². The third-order valence-electron chi connectivity index (χ3n) is 5.18. The van der Waals surface area contributed by atoms with E-state index in [-0.39, 0.29) is 17.7 Å². The predicted octanol–water partition coefficient (Wildman–Crippen LogP) is 6.09. The quantitative estimate of drug-likeness (QED) is 0.324. The van der Waals surface area contributed by atoms with Crippen LogP contribution in [0.5, 0.6) is 0 Å². The van der Waals surface area contributed by atoms with Crippen LogP contribution in [0.15, 0.2) is 62.7 Å². The summed E-state index contributed by atoms with van der Waals surface area (Å²) in [5.74, 6) is 0.690. The van der Waals surface area contributed by atoms with Crippen molar-refractivity contribution in [3.05, 3.63) is 70.9 Å². The van der Waals surface area contributed by atoms with Crippen LogP contribution in [0.4, 0.5) is 11.4 Å². The van der Waals surface area contributed by atoms with Crippen molar-refractivity contribution in [2.75, 3.05) is 10.6 Å². The van der Waals surface area contributed by atoms with Gasteiger partial charge in [-0.15, -0.1) is 11.3 Å². The van der Waals surface area contributed by atoms with E-state index < -0.39 is 0 Å². The largest absolute Gasteiger partial charge is 0.451 e. The number of nitrogens with zero attached hydrogens (tertiary/aromatic N) is 1. The fraction of sp³-hybridized carbons (Fsp3) is 0.208. The van der Waals surface area contributed by atoms with Gasteiger partial charge < -0.3 is 15.1 Å². The molecule has 8 heteroatoms. The fourth-order valence-corrected chi connectivity index (χ4v) is 5.29.